The summed E-state index contributed by atoms with van der Waals surface area (Å²) in [6.45, 7) is 1.56. The Hall–Kier alpha value is -1.16. The Balaban J connectivity index is 1.76. The predicted molar refractivity (Wildman–Crippen MR) is 75.4 cm³/mol. The van der Waals surface area contributed by atoms with Crippen LogP contribution in [0.4, 0.5) is 5.69 Å². The topological polar surface area (TPSA) is 46.3 Å². The van der Waals surface area contributed by atoms with Crippen LogP contribution in [0, 0.1) is 5.92 Å². The smallest absolute Gasteiger partial charge is 0.226 e. The molecule has 2 aliphatic heterocycles. The van der Waals surface area contributed by atoms with Crippen LogP contribution >= 0.6 is 11.8 Å². The van der Waals surface area contributed by atoms with E-state index in [1.807, 2.05) is 28.8 Å². The molecule has 1 unspecified atom stereocenters. The predicted octanol–water partition coefficient (Wildman–Crippen LogP) is 1.91. The Kier molecular flexibility index (Phi) is 3.20. The summed E-state index contributed by atoms with van der Waals surface area (Å²) in [6, 6.07) is 6.02. The molecule has 0 aliphatic carbocycles. The molecule has 0 spiro atoms. The third-order valence-corrected chi connectivity index (χ3v) is 5.06. The SMILES string of the molecule is Nc1cccc2c1CCN(C(=O)C1CCSC1)C2. The molecule has 2 heterocycles. The molecule has 96 valence electrons. The molecule has 1 fully saturated rings. The molecule has 3 rings (SSSR count). The molecule has 18 heavy (non-hydrogen) atoms. The summed E-state index contributed by atoms with van der Waals surface area (Å²) in [4.78, 5) is 14.4. The van der Waals surface area contributed by atoms with Crippen LogP contribution in [-0.2, 0) is 17.8 Å². The number of carbonyl (C=O) groups is 1. The maximum absolute atomic E-state index is 12.4. The van der Waals surface area contributed by atoms with E-state index in [4.69, 9.17) is 5.73 Å². The second-order valence-electron chi connectivity index (χ2n) is 5.06. The van der Waals surface area contributed by atoms with E-state index >= 15 is 0 Å². The van der Waals surface area contributed by atoms with Gasteiger partial charge >= 0.3 is 0 Å². The monoisotopic (exact) mass is 262 g/mol. The third-order valence-electron chi connectivity index (χ3n) is 3.89. The first-order valence-electron chi connectivity index (χ1n) is 6.48. The Morgan fingerprint density at radius 2 is 2.33 bits per heavy atom. The van der Waals surface area contributed by atoms with Gasteiger partial charge in [0, 0.05) is 30.4 Å². The molecular formula is C14H18N2OS. The quantitative estimate of drug-likeness (QED) is 0.786. The van der Waals surface area contributed by atoms with Crippen LogP contribution in [0.1, 0.15) is 17.5 Å². The maximum atomic E-state index is 12.4. The minimum Gasteiger partial charge on any atom is -0.398 e. The van der Waals surface area contributed by atoms with Crippen LogP contribution in [0.5, 0.6) is 0 Å². The van der Waals surface area contributed by atoms with Gasteiger partial charge in [-0.3, -0.25) is 4.79 Å². The Labute approximate surface area is 112 Å². The molecule has 0 radical (unpaired) electrons. The second kappa shape index (κ2) is 4.84. The molecular weight excluding hydrogens is 244 g/mol. The summed E-state index contributed by atoms with van der Waals surface area (Å²) in [5, 5.41) is 0. The fraction of sp³-hybridized carbons (Fsp3) is 0.500. The summed E-state index contributed by atoms with van der Waals surface area (Å²) in [6.07, 6.45) is 1.94. The lowest BCUT2D eigenvalue weighted by atomic mass is 9.96. The first kappa shape index (κ1) is 11.9. The maximum Gasteiger partial charge on any atom is 0.226 e. The number of anilines is 1. The molecule has 0 bridgehead atoms. The highest BCUT2D eigenvalue weighted by molar-refractivity contribution is 7.99. The van der Waals surface area contributed by atoms with Crippen molar-refractivity contribution in [3.63, 3.8) is 0 Å². The fourth-order valence-electron chi connectivity index (χ4n) is 2.81. The van der Waals surface area contributed by atoms with Crippen LogP contribution in [0.3, 0.4) is 0 Å². The van der Waals surface area contributed by atoms with Gasteiger partial charge in [0.15, 0.2) is 0 Å². The Morgan fingerprint density at radius 3 is 3.11 bits per heavy atom. The van der Waals surface area contributed by atoms with Gasteiger partial charge in [-0.1, -0.05) is 12.1 Å². The number of nitrogens with two attached hydrogens (primary N) is 1. The number of benzene rings is 1. The summed E-state index contributed by atoms with van der Waals surface area (Å²) in [5.41, 5.74) is 9.31. The highest BCUT2D eigenvalue weighted by atomic mass is 32.2. The van der Waals surface area contributed by atoms with E-state index in [2.05, 4.69) is 6.07 Å². The van der Waals surface area contributed by atoms with E-state index in [1.165, 1.54) is 11.1 Å². The number of fused-ring (bicyclic) bond motifs is 1. The summed E-state index contributed by atoms with van der Waals surface area (Å²) in [5.74, 6) is 2.72. The lowest BCUT2D eigenvalue weighted by Gasteiger charge is -2.31. The molecule has 2 N–H and O–H groups in total. The van der Waals surface area contributed by atoms with Gasteiger partial charge in [0.05, 0.1) is 0 Å². The van der Waals surface area contributed by atoms with E-state index in [0.29, 0.717) is 5.91 Å². The van der Waals surface area contributed by atoms with Crippen molar-refractivity contribution in [1.29, 1.82) is 0 Å². The molecule has 1 amide bonds. The van der Waals surface area contributed by atoms with Crippen molar-refractivity contribution in [3.05, 3.63) is 29.3 Å². The summed E-state index contributed by atoms with van der Waals surface area (Å²) >= 11 is 1.90. The largest absolute Gasteiger partial charge is 0.398 e. The molecule has 2 aliphatic rings. The zero-order chi connectivity index (χ0) is 12.5. The van der Waals surface area contributed by atoms with Gasteiger partial charge in [-0.25, -0.2) is 0 Å². The zero-order valence-electron chi connectivity index (χ0n) is 10.4. The molecule has 1 saturated heterocycles. The fourth-order valence-corrected chi connectivity index (χ4v) is 4.03. The standard InChI is InChI=1S/C14H18N2OS/c15-13-3-1-2-10-8-16(6-4-12(10)13)14(17)11-5-7-18-9-11/h1-3,11H,4-9,15H2. The lowest BCUT2D eigenvalue weighted by Crippen LogP contribution is -2.40. The van der Waals surface area contributed by atoms with Crippen LogP contribution in [-0.4, -0.2) is 28.9 Å². The Morgan fingerprint density at radius 1 is 1.44 bits per heavy atom. The third kappa shape index (κ3) is 2.09. The van der Waals surface area contributed by atoms with Gasteiger partial charge in [0.2, 0.25) is 5.91 Å². The van der Waals surface area contributed by atoms with Crippen molar-refractivity contribution in [2.45, 2.75) is 19.4 Å². The zero-order valence-corrected chi connectivity index (χ0v) is 11.2. The first-order valence-corrected chi connectivity index (χ1v) is 7.64. The minimum absolute atomic E-state index is 0.248. The van der Waals surface area contributed by atoms with Crippen LogP contribution < -0.4 is 5.73 Å². The van der Waals surface area contributed by atoms with Crippen molar-refractivity contribution in [2.75, 3.05) is 23.8 Å². The van der Waals surface area contributed by atoms with Gasteiger partial charge < -0.3 is 10.6 Å². The molecule has 1 aromatic rings. The van der Waals surface area contributed by atoms with Crippen molar-refractivity contribution in [2.24, 2.45) is 5.92 Å². The molecule has 1 aromatic carbocycles. The van der Waals surface area contributed by atoms with Crippen LogP contribution in [0.15, 0.2) is 18.2 Å². The minimum atomic E-state index is 0.248. The molecule has 0 aromatic heterocycles. The van der Waals surface area contributed by atoms with Gasteiger partial charge in [-0.05, 0) is 35.8 Å². The average molecular weight is 262 g/mol. The van der Waals surface area contributed by atoms with Crippen LogP contribution in [0.25, 0.3) is 0 Å². The van der Waals surface area contributed by atoms with E-state index in [1.54, 1.807) is 0 Å². The van der Waals surface area contributed by atoms with Crippen LogP contribution in [0.2, 0.25) is 0 Å². The molecule has 1 atom stereocenters. The second-order valence-corrected chi connectivity index (χ2v) is 6.21. The average Bonchev–Trinajstić information content (AvgIpc) is 2.91. The first-order chi connectivity index (χ1) is 8.75. The highest BCUT2D eigenvalue weighted by Crippen LogP contribution is 2.29. The lowest BCUT2D eigenvalue weighted by molar-refractivity contribution is -0.135. The van der Waals surface area contributed by atoms with E-state index in [-0.39, 0.29) is 5.92 Å². The molecule has 3 nitrogen and oxygen atoms in total. The van der Waals surface area contributed by atoms with Gasteiger partial charge in [0.25, 0.3) is 0 Å². The van der Waals surface area contributed by atoms with E-state index in [9.17, 15) is 4.79 Å². The summed E-state index contributed by atoms with van der Waals surface area (Å²) in [7, 11) is 0. The number of nitrogens with zero attached hydrogens (tertiary/aromatic N) is 1. The summed E-state index contributed by atoms with van der Waals surface area (Å²) < 4.78 is 0. The number of carbonyl (C=O) groups excluding carboxylic acids is 1. The van der Waals surface area contributed by atoms with Crippen molar-refractivity contribution >= 4 is 23.4 Å². The van der Waals surface area contributed by atoms with E-state index in [0.717, 1.165) is 43.1 Å². The van der Waals surface area contributed by atoms with Gasteiger partial charge in [-0.2, -0.15) is 11.8 Å². The van der Waals surface area contributed by atoms with Gasteiger partial charge in [-0.15, -0.1) is 0 Å². The van der Waals surface area contributed by atoms with Crippen molar-refractivity contribution < 1.29 is 4.79 Å². The number of hydrogen-bond acceptors (Lipinski definition) is 3. The molecule has 0 saturated carbocycles. The number of nitrogen functional groups attached to an aromatic ring is 1. The number of rotatable bonds is 1. The number of hydrogen-bond donors (Lipinski definition) is 1. The number of thioether (sulfide) groups is 1. The highest BCUT2D eigenvalue weighted by Gasteiger charge is 2.29. The van der Waals surface area contributed by atoms with Gasteiger partial charge in [0.1, 0.15) is 0 Å². The Bertz CT molecular complexity index is 469. The normalized spacial score (nSPS) is 22.9. The van der Waals surface area contributed by atoms with Crippen molar-refractivity contribution in [3.8, 4) is 0 Å². The van der Waals surface area contributed by atoms with Crippen molar-refractivity contribution in [1.82, 2.24) is 4.90 Å². The van der Waals surface area contributed by atoms with E-state index < -0.39 is 0 Å². The number of amides is 1. The molecule has 4 heteroatoms.